The number of hydrogen-bond donors (Lipinski definition) is 1. The molecule has 0 aromatic rings. The van der Waals surface area contributed by atoms with E-state index in [-0.39, 0.29) is 18.6 Å². The van der Waals surface area contributed by atoms with Crippen LogP contribution in [0.3, 0.4) is 0 Å². The summed E-state index contributed by atoms with van der Waals surface area (Å²) in [7, 11) is 0. The molecule has 2 heterocycles. The van der Waals surface area contributed by atoms with Gasteiger partial charge in [-0.15, -0.1) is 0 Å². The molecule has 18 heavy (non-hydrogen) atoms. The molecule has 0 aliphatic carbocycles. The highest BCUT2D eigenvalue weighted by Gasteiger charge is 2.35. The topological polar surface area (TPSA) is 49.6 Å². The molecule has 0 bridgehead atoms. The highest BCUT2D eigenvalue weighted by Crippen LogP contribution is 2.25. The van der Waals surface area contributed by atoms with Crippen LogP contribution in [0.4, 0.5) is 4.39 Å². The van der Waals surface area contributed by atoms with Crippen molar-refractivity contribution in [1.29, 1.82) is 0 Å². The molecule has 2 aliphatic heterocycles. The fourth-order valence-electron chi connectivity index (χ4n) is 3.29. The summed E-state index contributed by atoms with van der Waals surface area (Å²) in [6, 6.07) is 0.444. The first-order valence-electron chi connectivity index (χ1n) is 7.05. The lowest BCUT2D eigenvalue weighted by molar-refractivity contribution is -0.123. The van der Waals surface area contributed by atoms with Crippen LogP contribution in [0.15, 0.2) is 0 Å². The Morgan fingerprint density at radius 3 is 2.56 bits per heavy atom. The predicted octanol–water partition coefficient (Wildman–Crippen LogP) is 0.760. The maximum atomic E-state index is 12.1. The zero-order chi connectivity index (χ0) is 13.0. The number of rotatable bonds is 5. The normalized spacial score (nSPS) is 27.7. The first kappa shape index (κ1) is 13.7. The highest BCUT2D eigenvalue weighted by molar-refractivity contribution is 5.80. The lowest BCUT2D eigenvalue weighted by Gasteiger charge is -2.38. The SMILES string of the molecule is NC(=O)[C@@H]1CCCN1C1CCN(CCCF)CC1. The summed E-state index contributed by atoms with van der Waals surface area (Å²) >= 11 is 0. The van der Waals surface area contributed by atoms with Gasteiger partial charge in [0.05, 0.1) is 12.7 Å². The van der Waals surface area contributed by atoms with Gasteiger partial charge in [0, 0.05) is 12.6 Å². The largest absolute Gasteiger partial charge is 0.368 e. The van der Waals surface area contributed by atoms with Crippen molar-refractivity contribution in [3.05, 3.63) is 0 Å². The number of hydrogen-bond acceptors (Lipinski definition) is 3. The van der Waals surface area contributed by atoms with Gasteiger partial charge in [-0.2, -0.15) is 0 Å². The summed E-state index contributed by atoms with van der Waals surface area (Å²) in [5.74, 6) is -0.174. The monoisotopic (exact) mass is 257 g/mol. The number of likely N-dealkylation sites (tertiary alicyclic amines) is 2. The number of alkyl halides is 1. The van der Waals surface area contributed by atoms with Gasteiger partial charge in [0.2, 0.25) is 5.91 Å². The van der Waals surface area contributed by atoms with Crippen molar-refractivity contribution in [2.45, 2.75) is 44.2 Å². The summed E-state index contributed by atoms with van der Waals surface area (Å²) in [6.07, 6.45) is 4.79. The molecule has 0 radical (unpaired) electrons. The van der Waals surface area contributed by atoms with Crippen LogP contribution in [0, 0.1) is 0 Å². The average molecular weight is 257 g/mol. The lowest BCUT2D eigenvalue weighted by atomic mass is 10.0. The van der Waals surface area contributed by atoms with Crippen molar-refractivity contribution in [3.8, 4) is 0 Å². The molecule has 2 rings (SSSR count). The third-order valence-corrected chi connectivity index (χ3v) is 4.26. The van der Waals surface area contributed by atoms with Gasteiger partial charge in [-0.25, -0.2) is 0 Å². The van der Waals surface area contributed by atoms with Gasteiger partial charge in [-0.3, -0.25) is 14.1 Å². The third kappa shape index (κ3) is 3.20. The van der Waals surface area contributed by atoms with E-state index in [2.05, 4.69) is 9.80 Å². The summed E-state index contributed by atoms with van der Waals surface area (Å²) in [4.78, 5) is 16.0. The molecule has 2 fully saturated rings. The number of halogens is 1. The van der Waals surface area contributed by atoms with E-state index in [4.69, 9.17) is 5.73 Å². The smallest absolute Gasteiger partial charge is 0.234 e. The zero-order valence-corrected chi connectivity index (χ0v) is 11.0. The third-order valence-electron chi connectivity index (χ3n) is 4.26. The van der Waals surface area contributed by atoms with Crippen LogP contribution in [0.2, 0.25) is 0 Å². The molecule has 5 heteroatoms. The van der Waals surface area contributed by atoms with Gasteiger partial charge in [-0.1, -0.05) is 0 Å². The van der Waals surface area contributed by atoms with Crippen LogP contribution < -0.4 is 5.73 Å². The van der Waals surface area contributed by atoms with Crippen LogP contribution in [0.25, 0.3) is 0 Å². The molecule has 0 unspecified atom stereocenters. The van der Waals surface area contributed by atoms with Gasteiger partial charge in [0.15, 0.2) is 0 Å². The van der Waals surface area contributed by atoms with Crippen molar-refractivity contribution in [1.82, 2.24) is 9.80 Å². The van der Waals surface area contributed by atoms with Crippen LogP contribution in [-0.2, 0) is 4.79 Å². The van der Waals surface area contributed by atoms with Gasteiger partial charge >= 0.3 is 0 Å². The average Bonchev–Trinajstić information content (AvgIpc) is 2.86. The number of piperidine rings is 1. The van der Waals surface area contributed by atoms with Crippen molar-refractivity contribution in [2.24, 2.45) is 5.73 Å². The van der Waals surface area contributed by atoms with E-state index in [1.807, 2.05) is 0 Å². The van der Waals surface area contributed by atoms with Crippen molar-refractivity contribution in [3.63, 3.8) is 0 Å². The molecule has 1 atom stereocenters. The van der Waals surface area contributed by atoms with E-state index in [1.165, 1.54) is 0 Å². The first-order chi connectivity index (χ1) is 8.72. The first-order valence-corrected chi connectivity index (χ1v) is 7.05. The van der Waals surface area contributed by atoms with Crippen molar-refractivity contribution < 1.29 is 9.18 Å². The number of nitrogens with two attached hydrogens (primary N) is 1. The molecule has 2 N–H and O–H groups in total. The number of carbonyl (C=O) groups excluding carboxylic acids is 1. The second-order valence-corrected chi connectivity index (χ2v) is 5.41. The quantitative estimate of drug-likeness (QED) is 0.791. The zero-order valence-electron chi connectivity index (χ0n) is 11.0. The molecular formula is C13H24FN3O. The predicted molar refractivity (Wildman–Crippen MR) is 69.0 cm³/mol. The maximum Gasteiger partial charge on any atom is 0.234 e. The van der Waals surface area contributed by atoms with E-state index in [1.54, 1.807) is 0 Å². The van der Waals surface area contributed by atoms with E-state index < -0.39 is 0 Å². The Bertz CT molecular complexity index is 279. The van der Waals surface area contributed by atoms with E-state index in [0.29, 0.717) is 12.5 Å². The second-order valence-electron chi connectivity index (χ2n) is 5.41. The molecular weight excluding hydrogens is 233 g/mol. The van der Waals surface area contributed by atoms with Crippen LogP contribution in [0.1, 0.15) is 32.1 Å². The van der Waals surface area contributed by atoms with Gasteiger partial charge in [-0.05, 0) is 51.7 Å². The number of carbonyl (C=O) groups is 1. The minimum Gasteiger partial charge on any atom is -0.368 e. The van der Waals surface area contributed by atoms with Crippen molar-refractivity contribution in [2.75, 3.05) is 32.9 Å². The standard InChI is InChI=1S/C13H24FN3O/c14-6-2-7-16-9-4-11(5-10-16)17-8-1-3-12(17)13(15)18/h11-12H,1-10H2,(H2,15,18)/t12-/m0/s1. The second kappa shape index (κ2) is 6.48. The van der Waals surface area contributed by atoms with Gasteiger partial charge in [0.1, 0.15) is 0 Å². The molecule has 2 aliphatic rings. The molecule has 0 saturated carbocycles. The number of primary amides is 1. The van der Waals surface area contributed by atoms with E-state index in [0.717, 1.165) is 51.9 Å². The highest BCUT2D eigenvalue weighted by atomic mass is 19.1. The van der Waals surface area contributed by atoms with Crippen LogP contribution in [0.5, 0.6) is 0 Å². The lowest BCUT2D eigenvalue weighted by Crippen LogP contribution is -2.50. The fraction of sp³-hybridized carbons (Fsp3) is 0.923. The Morgan fingerprint density at radius 2 is 1.94 bits per heavy atom. The Balaban J connectivity index is 1.80. The Kier molecular flexibility index (Phi) is 4.95. The number of amides is 1. The Hall–Kier alpha value is -0.680. The van der Waals surface area contributed by atoms with Gasteiger partial charge < -0.3 is 10.6 Å². The minimum absolute atomic E-state index is 0.0487. The van der Waals surface area contributed by atoms with E-state index >= 15 is 0 Å². The summed E-state index contributed by atoms with van der Waals surface area (Å²) < 4.78 is 12.1. The molecule has 104 valence electrons. The van der Waals surface area contributed by atoms with Crippen molar-refractivity contribution >= 4 is 5.91 Å². The Morgan fingerprint density at radius 1 is 1.22 bits per heavy atom. The summed E-state index contributed by atoms with van der Waals surface area (Å²) in [5.41, 5.74) is 5.46. The fourth-order valence-corrected chi connectivity index (χ4v) is 3.29. The Labute approximate surface area is 108 Å². The van der Waals surface area contributed by atoms with Crippen LogP contribution >= 0.6 is 0 Å². The molecule has 4 nitrogen and oxygen atoms in total. The molecule has 0 aromatic carbocycles. The van der Waals surface area contributed by atoms with Crippen LogP contribution in [-0.4, -0.2) is 60.6 Å². The summed E-state index contributed by atoms with van der Waals surface area (Å²) in [6.45, 7) is 3.68. The molecule has 1 amide bonds. The molecule has 2 saturated heterocycles. The van der Waals surface area contributed by atoms with E-state index in [9.17, 15) is 9.18 Å². The molecule has 0 aromatic heterocycles. The minimum atomic E-state index is -0.226. The maximum absolute atomic E-state index is 12.1. The summed E-state index contributed by atoms with van der Waals surface area (Å²) in [5, 5.41) is 0. The molecule has 0 spiro atoms. The van der Waals surface area contributed by atoms with Gasteiger partial charge in [0.25, 0.3) is 0 Å². The number of nitrogens with zero attached hydrogens (tertiary/aromatic N) is 2.